The maximum absolute atomic E-state index is 13.8. The van der Waals surface area contributed by atoms with E-state index in [0.29, 0.717) is 24.9 Å². The maximum atomic E-state index is 13.8. The first-order valence-electron chi connectivity index (χ1n) is 5.96. The van der Waals surface area contributed by atoms with Gasteiger partial charge in [-0.25, -0.2) is 8.78 Å². The molecule has 104 valence electrons. The van der Waals surface area contributed by atoms with E-state index in [1.807, 2.05) is 0 Å². The molecular formula is C13H14ClF2NO2. The lowest BCUT2D eigenvalue weighted by atomic mass is 9.96. The van der Waals surface area contributed by atoms with Gasteiger partial charge in [0, 0.05) is 0 Å². The predicted octanol–water partition coefficient (Wildman–Crippen LogP) is 2.31. The Morgan fingerprint density at radius 2 is 2.26 bits per heavy atom. The zero-order valence-corrected chi connectivity index (χ0v) is 11.1. The zero-order chi connectivity index (χ0) is 14.0. The smallest absolute Gasteiger partial charge is 0.322 e. The van der Waals surface area contributed by atoms with Gasteiger partial charge in [0.15, 0.2) is 0 Å². The van der Waals surface area contributed by atoms with E-state index in [4.69, 9.17) is 11.6 Å². The number of benzene rings is 1. The van der Waals surface area contributed by atoms with E-state index >= 15 is 0 Å². The van der Waals surface area contributed by atoms with E-state index in [9.17, 15) is 13.6 Å². The highest BCUT2D eigenvalue weighted by Crippen LogP contribution is 2.26. The standard InChI is InChI=1S/C13H14ClF2NO2/c1-19-13(18)10-5-7(6-17-10)4-8-2-3-9(15)11(14)12(8)16/h2-3,7,10,17H,4-6H2,1H3. The van der Waals surface area contributed by atoms with Crippen LogP contribution in [0.1, 0.15) is 12.0 Å². The Labute approximate surface area is 114 Å². The van der Waals surface area contributed by atoms with Gasteiger partial charge in [-0.15, -0.1) is 0 Å². The molecule has 0 saturated carbocycles. The summed E-state index contributed by atoms with van der Waals surface area (Å²) in [5.41, 5.74) is 0.365. The molecule has 1 fully saturated rings. The quantitative estimate of drug-likeness (QED) is 0.685. The summed E-state index contributed by atoms with van der Waals surface area (Å²) in [6, 6.07) is 2.19. The highest BCUT2D eigenvalue weighted by atomic mass is 35.5. The predicted molar refractivity (Wildman–Crippen MR) is 67.0 cm³/mol. The highest BCUT2D eigenvalue weighted by molar-refractivity contribution is 6.30. The minimum atomic E-state index is -0.764. The van der Waals surface area contributed by atoms with Gasteiger partial charge >= 0.3 is 5.97 Å². The van der Waals surface area contributed by atoms with E-state index in [-0.39, 0.29) is 17.9 Å². The van der Waals surface area contributed by atoms with Gasteiger partial charge in [0.25, 0.3) is 0 Å². The SMILES string of the molecule is COC(=O)C1CC(Cc2ccc(F)c(Cl)c2F)CN1. The summed E-state index contributed by atoms with van der Waals surface area (Å²) < 4.78 is 31.4. The van der Waals surface area contributed by atoms with Crippen LogP contribution in [0.4, 0.5) is 8.78 Å². The van der Waals surface area contributed by atoms with Crippen molar-refractivity contribution in [1.82, 2.24) is 5.32 Å². The molecule has 0 bridgehead atoms. The summed E-state index contributed by atoms with van der Waals surface area (Å²) in [7, 11) is 1.33. The Morgan fingerprint density at radius 3 is 2.95 bits per heavy atom. The molecular weight excluding hydrogens is 276 g/mol. The van der Waals surface area contributed by atoms with Crippen LogP contribution in [0.3, 0.4) is 0 Å². The Morgan fingerprint density at radius 1 is 1.53 bits per heavy atom. The number of hydrogen-bond donors (Lipinski definition) is 1. The van der Waals surface area contributed by atoms with Crippen molar-refractivity contribution in [3.05, 3.63) is 34.4 Å². The van der Waals surface area contributed by atoms with Gasteiger partial charge in [-0.2, -0.15) is 0 Å². The third kappa shape index (κ3) is 3.04. The minimum Gasteiger partial charge on any atom is -0.468 e. The van der Waals surface area contributed by atoms with E-state index < -0.39 is 16.7 Å². The molecule has 1 aromatic rings. The fourth-order valence-corrected chi connectivity index (χ4v) is 2.51. The Bertz CT molecular complexity index is 496. The lowest BCUT2D eigenvalue weighted by Gasteiger charge is -2.11. The van der Waals surface area contributed by atoms with Crippen molar-refractivity contribution in [1.29, 1.82) is 0 Å². The van der Waals surface area contributed by atoms with Crippen LogP contribution in [0.2, 0.25) is 5.02 Å². The molecule has 0 aromatic heterocycles. The first-order chi connectivity index (χ1) is 9.02. The van der Waals surface area contributed by atoms with Crippen LogP contribution >= 0.6 is 11.6 Å². The number of halogens is 3. The van der Waals surface area contributed by atoms with Crippen molar-refractivity contribution in [2.45, 2.75) is 18.9 Å². The number of ether oxygens (including phenoxy) is 1. The highest BCUT2D eigenvalue weighted by Gasteiger charge is 2.30. The number of esters is 1. The monoisotopic (exact) mass is 289 g/mol. The molecule has 2 atom stereocenters. The molecule has 0 amide bonds. The molecule has 2 rings (SSSR count). The topological polar surface area (TPSA) is 38.3 Å². The molecule has 0 spiro atoms. The third-order valence-electron chi connectivity index (χ3n) is 3.33. The van der Waals surface area contributed by atoms with Crippen LogP contribution < -0.4 is 5.32 Å². The largest absolute Gasteiger partial charge is 0.468 e. The van der Waals surface area contributed by atoms with Crippen molar-refractivity contribution >= 4 is 17.6 Å². The molecule has 1 aliphatic heterocycles. The number of methoxy groups -OCH3 is 1. The summed E-state index contributed by atoms with van der Waals surface area (Å²) in [5, 5.41) is 2.54. The van der Waals surface area contributed by atoms with Crippen LogP contribution in [0.15, 0.2) is 12.1 Å². The van der Waals surface area contributed by atoms with Gasteiger partial charge in [0.05, 0.1) is 7.11 Å². The number of carbonyl (C=O) groups excluding carboxylic acids is 1. The molecule has 0 radical (unpaired) electrons. The Kier molecular flexibility index (Phi) is 4.37. The molecule has 1 saturated heterocycles. The second-order valence-electron chi connectivity index (χ2n) is 4.62. The number of rotatable bonds is 3. The van der Waals surface area contributed by atoms with Gasteiger partial charge < -0.3 is 10.1 Å². The van der Waals surface area contributed by atoms with Crippen LogP contribution in [0.25, 0.3) is 0 Å². The normalized spacial score (nSPS) is 22.5. The summed E-state index contributed by atoms with van der Waals surface area (Å²) in [6.45, 7) is 0.591. The van der Waals surface area contributed by atoms with Gasteiger partial charge in [-0.3, -0.25) is 4.79 Å². The van der Waals surface area contributed by atoms with Crippen molar-refractivity contribution in [2.75, 3.05) is 13.7 Å². The van der Waals surface area contributed by atoms with Crippen molar-refractivity contribution < 1.29 is 18.3 Å². The van der Waals surface area contributed by atoms with Crippen LogP contribution in [-0.4, -0.2) is 25.7 Å². The van der Waals surface area contributed by atoms with E-state index in [2.05, 4.69) is 10.1 Å². The molecule has 2 unspecified atom stereocenters. The fourth-order valence-electron chi connectivity index (χ4n) is 2.32. The van der Waals surface area contributed by atoms with E-state index in [1.165, 1.54) is 13.2 Å². The molecule has 1 aliphatic rings. The second kappa shape index (κ2) is 5.84. The number of nitrogens with one attached hydrogen (secondary N) is 1. The molecule has 19 heavy (non-hydrogen) atoms. The lowest BCUT2D eigenvalue weighted by molar-refractivity contribution is -0.142. The molecule has 1 N–H and O–H groups in total. The van der Waals surface area contributed by atoms with Gasteiger partial charge in [-0.1, -0.05) is 17.7 Å². The van der Waals surface area contributed by atoms with Gasteiger partial charge in [-0.05, 0) is 36.9 Å². The van der Waals surface area contributed by atoms with E-state index in [0.717, 1.165) is 6.07 Å². The molecule has 6 heteroatoms. The second-order valence-corrected chi connectivity index (χ2v) is 5.00. The molecule has 0 aliphatic carbocycles. The summed E-state index contributed by atoms with van der Waals surface area (Å²) in [6.07, 6.45) is 0.980. The van der Waals surface area contributed by atoms with Crippen LogP contribution in [0.5, 0.6) is 0 Å². The van der Waals surface area contributed by atoms with Crippen molar-refractivity contribution in [3.63, 3.8) is 0 Å². The fraction of sp³-hybridized carbons (Fsp3) is 0.462. The van der Waals surface area contributed by atoms with E-state index in [1.54, 1.807) is 0 Å². The van der Waals surface area contributed by atoms with Gasteiger partial charge in [0.1, 0.15) is 22.7 Å². The maximum Gasteiger partial charge on any atom is 0.322 e. The van der Waals surface area contributed by atoms with Crippen molar-refractivity contribution in [2.24, 2.45) is 5.92 Å². The average Bonchev–Trinajstić information content (AvgIpc) is 2.87. The van der Waals surface area contributed by atoms with Gasteiger partial charge in [0.2, 0.25) is 0 Å². The Hall–Kier alpha value is -1.20. The molecule has 1 aromatic carbocycles. The van der Waals surface area contributed by atoms with Crippen molar-refractivity contribution in [3.8, 4) is 0 Å². The average molecular weight is 290 g/mol. The first-order valence-corrected chi connectivity index (χ1v) is 6.34. The van der Waals surface area contributed by atoms with Crippen LogP contribution in [0, 0.1) is 17.6 Å². The number of hydrogen-bond acceptors (Lipinski definition) is 3. The minimum absolute atomic E-state index is 0.0973. The van der Waals surface area contributed by atoms with Crippen LogP contribution in [-0.2, 0) is 16.0 Å². The zero-order valence-electron chi connectivity index (χ0n) is 10.4. The molecule has 3 nitrogen and oxygen atoms in total. The molecule has 1 heterocycles. The third-order valence-corrected chi connectivity index (χ3v) is 3.68. The Balaban J connectivity index is 2.04. The summed E-state index contributed by atoms with van der Waals surface area (Å²) >= 11 is 5.53. The number of carbonyl (C=O) groups is 1. The first kappa shape index (κ1) is 14.2. The summed E-state index contributed by atoms with van der Waals surface area (Å²) in [4.78, 5) is 11.3. The summed E-state index contributed by atoms with van der Waals surface area (Å²) in [5.74, 6) is -1.71. The lowest BCUT2D eigenvalue weighted by Crippen LogP contribution is -2.31.